The molecular formula is C17H28N2O2. The van der Waals surface area contributed by atoms with Crippen molar-refractivity contribution in [2.75, 3.05) is 31.6 Å². The van der Waals surface area contributed by atoms with Crippen LogP contribution in [0.25, 0.3) is 0 Å². The number of para-hydroxylation sites is 1. The summed E-state index contributed by atoms with van der Waals surface area (Å²) in [5, 5.41) is 11.9. The summed E-state index contributed by atoms with van der Waals surface area (Å²) in [5.41, 5.74) is 1.02. The third-order valence-electron chi connectivity index (χ3n) is 3.04. The molecule has 0 aliphatic carbocycles. The van der Waals surface area contributed by atoms with Crippen LogP contribution in [0.3, 0.4) is 0 Å². The number of nitrogens with one attached hydrogen (secondary N) is 1. The first-order valence-corrected chi connectivity index (χ1v) is 7.59. The van der Waals surface area contributed by atoms with Crippen molar-refractivity contribution in [3.05, 3.63) is 30.3 Å². The van der Waals surface area contributed by atoms with Crippen molar-refractivity contribution in [1.82, 2.24) is 4.90 Å². The monoisotopic (exact) mass is 292 g/mol. The van der Waals surface area contributed by atoms with Gasteiger partial charge in [0.1, 0.15) is 0 Å². The van der Waals surface area contributed by atoms with Crippen LogP contribution in [0, 0.1) is 5.41 Å². The zero-order valence-electron chi connectivity index (χ0n) is 13.4. The Balaban J connectivity index is 2.42. The van der Waals surface area contributed by atoms with Crippen molar-refractivity contribution in [2.45, 2.75) is 33.6 Å². The molecule has 0 radical (unpaired) electrons. The lowest BCUT2D eigenvalue weighted by atomic mass is 9.96. The second-order valence-corrected chi connectivity index (χ2v) is 6.58. The Morgan fingerprint density at radius 2 is 1.86 bits per heavy atom. The van der Waals surface area contributed by atoms with Crippen molar-refractivity contribution in [1.29, 1.82) is 0 Å². The molecule has 1 amide bonds. The topological polar surface area (TPSA) is 52.6 Å². The highest BCUT2D eigenvalue weighted by Crippen LogP contribution is 2.15. The predicted octanol–water partition coefficient (Wildman–Crippen LogP) is 2.75. The van der Waals surface area contributed by atoms with E-state index < -0.39 is 0 Å². The molecule has 0 fully saturated rings. The maximum atomic E-state index is 12.0. The van der Waals surface area contributed by atoms with Gasteiger partial charge < -0.3 is 15.3 Å². The Hall–Kier alpha value is -1.39. The summed E-state index contributed by atoms with van der Waals surface area (Å²) in [6.45, 7) is 9.21. The minimum Gasteiger partial charge on any atom is -0.396 e. The molecule has 1 rings (SSSR count). The molecular weight excluding hydrogens is 264 g/mol. The SMILES string of the molecule is CC(C)(C)CN(CCCO)CCC(=O)Nc1ccccc1. The van der Waals surface area contributed by atoms with Gasteiger partial charge in [-0.3, -0.25) is 4.79 Å². The third-order valence-corrected chi connectivity index (χ3v) is 3.04. The second-order valence-electron chi connectivity index (χ2n) is 6.58. The number of aliphatic hydroxyl groups excluding tert-OH is 1. The van der Waals surface area contributed by atoms with Gasteiger partial charge in [-0.15, -0.1) is 0 Å². The zero-order chi connectivity index (χ0) is 15.7. The van der Waals surface area contributed by atoms with Gasteiger partial charge in [0.05, 0.1) is 0 Å². The van der Waals surface area contributed by atoms with Gasteiger partial charge in [-0.2, -0.15) is 0 Å². The van der Waals surface area contributed by atoms with E-state index in [1.165, 1.54) is 0 Å². The Morgan fingerprint density at radius 1 is 1.19 bits per heavy atom. The maximum absolute atomic E-state index is 12.0. The number of carbonyl (C=O) groups is 1. The molecule has 0 saturated heterocycles. The van der Waals surface area contributed by atoms with Gasteiger partial charge in [0.25, 0.3) is 0 Å². The molecule has 1 aromatic rings. The van der Waals surface area contributed by atoms with E-state index >= 15 is 0 Å². The number of benzene rings is 1. The van der Waals surface area contributed by atoms with Gasteiger partial charge >= 0.3 is 0 Å². The van der Waals surface area contributed by atoms with Crippen molar-refractivity contribution in [3.8, 4) is 0 Å². The molecule has 118 valence electrons. The fraction of sp³-hybridized carbons (Fsp3) is 0.588. The molecule has 0 saturated carbocycles. The lowest BCUT2D eigenvalue weighted by Crippen LogP contribution is -2.36. The first-order chi connectivity index (χ1) is 9.90. The predicted molar refractivity (Wildman–Crippen MR) is 87.3 cm³/mol. The van der Waals surface area contributed by atoms with Crippen molar-refractivity contribution in [3.63, 3.8) is 0 Å². The fourth-order valence-corrected chi connectivity index (χ4v) is 2.24. The normalized spacial score (nSPS) is 11.7. The van der Waals surface area contributed by atoms with Gasteiger partial charge in [-0.05, 0) is 24.0 Å². The van der Waals surface area contributed by atoms with Gasteiger partial charge in [-0.25, -0.2) is 0 Å². The van der Waals surface area contributed by atoms with Crippen LogP contribution in [0.5, 0.6) is 0 Å². The smallest absolute Gasteiger partial charge is 0.225 e. The fourth-order valence-electron chi connectivity index (χ4n) is 2.24. The highest BCUT2D eigenvalue weighted by Gasteiger charge is 2.17. The van der Waals surface area contributed by atoms with Crippen LogP contribution in [0.15, 0.2) is 30.3 Å². The zero-order valence-corrected chi connectivity index (χ0v) is 13.4. The van der Waals surface area contributed by atoms with Crippen molar-refractivity contribution in [2.24, 2.45) is 5.41 Å². The molecule has 2 N–H and O–H groups in total. The number of nitrogens with zero attached hydrogens (tertiary/aromatic N) is 1. The van der Waals surface area contributed by atoms with Crippen molar-refractivity contribution >= 4 is 11.6 Å². The summed E-state index contributed by atoms with van der Waals surface area (Å²) in [5.74, 6) is 0.0316. The van der Waals surface area contributed by atoms with Crippen LogP contribution in [-0.4, -0.2) is 42.2 Å². The number of aliphatic hydroxyl groups is 1. The van der Waals surface area contributed by atoms with E-state index in [-0.39, 0.29) is 17.9 Å². The minimum atomic E-state index is 0.0316. The number of anilines is 1. The summed E-state index contributed by atoms with van der Waals surface area (Å²) in [6.07, 6.45) is 1.22. The second kappa shape index (κ2) is 8.80. The number of hydrogen-bond donors (Lipinski definition) is 2. The summed E-state index contributed by atoms with van der Waals surface area (Å²) >= 11 is 0. The van der Waals surface area contributed by atoms with E-state index in [2.05, 4.69) is 31.0 Å². The van der Waals surface area contributed by atoms with Crippen LogP contribution in [0.4, 0.5) is 5.69 Å². The van der Waals surface area contributed by atoms with E-state index in [4.69, 9.17) is 5.11 Å². The van der Waals surface area contributed by atoms with Gasteiger partial charge in [-0.1, -0.05) is 39.0 Å². The van der Waals surface area contributed by atoms with E-state index in [0.29, 0.717) is 6.42 Å². The highest BCUT2D eigenvalue weighted by molar-refractivity contribution is 5.90. The Kier molecular flexibility index (Phi) is 7.40. The number of amides is 1. The maximum Gasteiger partial charge on any atom is 0.225 e. The molecule has 0 bridgehead atoms. The number of hydrogen-bond acceptors (Lipinski definition) is 3. The van der Waals surface area contributed by atoms with Crippen LogP contribution in [0.1, 0.15) is 33.6 Å². The third kappa shape index (κ3) is 8.48. The molecule has 0 heterocycles. The van der Waals surface area contributed by atoms with E-state index in [0.717, 1.165) is 31.7 Å². The largest absolute Gasteiger partial charge is 0.396 e. The summed E-state index contributed by atoms with van der Waals surface area (Å²) in [6, 6.07) is 9.51. The van der Waals surface area contributed by atoms with Crippen LogP contribution in [-0.2, 0) is 4.79 Å². The summed E-state index contributed by atoms with van der Waals surface area (Å²) in [4.78, 5) is 14.2. The molecule has 0 atom stereocenters. The lowest BCUT2D eigenvalue weighted by molar-refractivity contribution is -0.116. The van der Waals surface area contributed by atoms with Crippen LogP contribution in [0.2, 0.25) is 0 Å². The van der Waals surface area contributed by atoms with Gasteiger partial charge in [0.2, 0.25) is 5.91 Å². The summed E-state index contributed by atoms with van der Waals surface area (Å²) in [7, 11) is 0. The summed E-state index contributed by atoms with van der Waals surface area (Å²) < 4.78 is 0. The Morgan fingerprint density at radius 3 is 2.43 bits per heavy atom. The lowest BCUT2D eigenvalue weighted by Gasteiger charge is -2.29. The van der Waals surface area contributed by atoms with Crippen molar-refractivity contribution < 1.29 is 9.90 Å². The van der Waals surface area contributed by atoms with E-state index in [1.54, 1.807) is 0 Å². The van der Waals surface area contributed by atoms with Gasteiger partial charge in [0, 0.05) is 38.3 Å². The van der Waals surface area contributed by atoms with E-state index in [9.17, 15) is 4.79 Å². The highest BCUT2D eigenvalue weighted by atomic mass is 16.3. The first-order valence-electron chi connectivity index (χ1n) is 7.59. The molecule has 0 aliphatic heterocycles. The molecule has 0 unspecified atom stereocenters. The molecule has 21 heavy (non-hydrogen) atoms. The molecule has 1 aromatic carbocycles. The number of rotatable bonds is 8. The molecule has 0 aliphatic rings. The molecule has 4 nitrogen and oxygen atoms in total. The first kappa shape index (κ1) is 17.7. The molecule has 4 heteroatoms. The van der Waals surface area contributed by atoms with Gasteiger partial charge in [0.15, 0.2) is 0 Å². The number of carbonyl (C=O) groups excluding carboxylic acids is 1. The molecule has 0 spiro atoms. The van der Waals surface area contributed by atoms with E-state index in [1.807, 2.05) is 30.3 Å². The molecule has 0 aromatic heterocycles. The van der Waals surface area contributed by atoms with Crippen LogP contribution >= 0.6 is 0 Å². The standard InChI is InChI=1S/C17H28N2O2/c1-17(2,3)14-19(11-7-13-20)12-10-16(21)18-15-8-5-4-6-9-15/h4-6,8-9,20H,7,10-14H2,1-3H3,(H,18,21). The Bertz CT molecular complexity index is 413. The quantitative estimate of drug-likeness (QED) is 0.774. The minimum absolute atomic E-state index is 0.0316. The average Bonchev–Trinajstić information content (AvgIpc) is 2.41. The van der Waals surface area contributed by atoms with Crippen LogP contribution < -0.4 is 5.32 Å². The average molecular weight is 292 g/mol. The Labute approximate surface area is 128 Å².